The fourth-order valence-electron chi connectivity index (χ4n) is 1.92. The maximum Gasteiger partial charge on any atom is 0.226 e. The van der Waals surface area contributed by atoms with Gasteiger partial charge in [-0.2, -0.15) is 0 Å². The molecule has 3 heteroatoms. The number of aryl methyl sites for hydroxylation is 1. The van der Waals surface area contributed by atoms with Crippen molar-refractivity contribution in [3.8, 4) is 17.2 Å². The fourth-order valence-corrected chi connectivity index (χ4v) is 1.92. The molecule has 0 bridgehead atoms. The quantitative estimate of drug-likeness (QED) is 0.708. The topological polar surface area (TPSA) is 35.3 Å². The Balaban J connectivity index is 1.67. The van der Waals surface area contributed by atoms with Gasteiger partial charge in [-0.05, 0) is 36.8 Å². The second kappa shape index (κ2) is 5.61. The Morgan fingerprint density at radius 3 is 2.40 bits per heavy atom. The Morgan fingerprint density at radius 2 is 1.75 bits per heavy atom. The van der Waals surface area contributed by atoms with Gasteiger partial charge in [-0.3, -0.25) is 0 Å². The number of nitrogens with zero attached hydrogens (tertiary/aromatic N) is 1. The molecular weight excluding hydrogens is 250 g/mol. The van der Waals surface area contributed by atoms with Crippen LogP contribution < -0.4 is 4.74 Å². The summed E-state index contributed by atoms with van der Waals surface area (Å²) in [6.07, 6.45) is 1.72. The third kappa shape index (κ3) is 2.88. The van der Waals surface area contributed by atoms with Crippen LogP contribution in [-0.2, 0) is 6.61 Å². The van der Waals surface area contributed by atoms with Crippen LogP contribution in [0.25, 0.3) is 11.5 Å². The molecule has 3 nitrogen and oxygen atoms in total. The van der Waals surface area contributed by atoms with Gasteiger partial charge < -0.3 is 9.15 Å². The average molecular weight is 265 g/mol. The van der Waals surface area contributed by atoms with Gasteiger partial charge in [0.05, 0.1) is 6.20 Å². The standard InChI is InChI=1S/C17H15NO2/c1-13-11-18-17(20-13)15-7-9-16(10-8-15)19-12-14-5-3-2-4-6-14/h2-11H,12H2,1H3. The first kappa shape index (κ1) is 12.5. The van der Waals surface area contributed by atoms with Crippen LogP contribution in [0.15, 0.2) is 65.2 Å². The van der Waals surface area contributed by atoms with Crippen LogP contribution in [0.5, 0.6) is 5.75 Å². The number of ether oxygens (including phenoxy) is 1. The van der Waals surface area contributed by atoms with Gasteiger partial charge in [0.2, 0.25) is 5.89 Å². The van der Waals surface area contributed by atoms with Crippen LogP contribution in [-0.4, -0.2) is 4.98 Å². The molecule has 1 heterocycles. The highest BCUT2D eigenvalue weighted by Gasteiger charge is 2.04. The lowest BCUT2D eigenvalue weighted by atomic mass is 10.2. The average Bonchev–Trinajstić information content (AvgIpc) is 2.93. The summed E-state index contributed by atoms with van der Waals surface area (Å²) in [5, 5.41) is 0. The molecule has 0 N–H and O–H groups in total. The van der Waals surface area contributed by atoms with E-state index >= 15 is 0 Å². The molecule has 0 aliphatic rings. The molecular formula is C17H15NO2. The summed E-state index contributed by atoms with van der Waals surface area (Å²) in [5.41, 5.74) is 2.10. The summed E-state index contributed by atoms with van der Waals surface area (Å²) in [7, 11) is 0. The zero-order valence-electron chi connectivity index (χ0n) is 11.2. The minimum atomic E-state index is 0.568. The molecule has 0 spiro atoms. The van der Waals surface area contributed by atoms with Gasteiger partial charge >= 0.3 is 0 Å². The molecule has 0 saturated carbocycles. The molecule has 0 aliphatic heterocycles. The van der Waals surface area contributed by atoms with Crippen molar-refractivity contribution >= 4 is 0 Å². The molecule has 3 rings (SSSR count). The maximum absolute atomic E-state index is 5.74. The van der Waals surface area contributed by atoms with Gasteiger partial charge in [-0.15, -0.1) is 0 Å². The second-order valence-electron chi connectivity index (χ2n) is 4.57. The number of hydrogen-bond acceptors (Lipinski definition) is 3. The number of aromatic nitrogens is 1. The molecule has 0 unspecified atom stereocenters. The third-order valence-corrected chi connectivity index (χ3v) is 2.97. The first-order valence-electron chi connectivity index (χ1n) is 6.51. The monoisotopic (exact) mass is 265 g/mol. The third-order valence-electron chi connectivity index (χ3n) is 2.97. The molecule has 0 aliphatic carbocycles. The lowest BCUT2D eigenvalue weighted by Gasteiger charge is -2.06. The van der Waals surface area contributed by atoms with Gasteiger partial charge in [0.25, 0.3) is 0 Å². The zero-order valence-corrected chi connectivity index (χ0v) is 11.2. The molecule has 0 fully saturated rings. The van der Waals surface area contributed by atoms with Crippen molar-refractivity contribution in [3.63, 3.8) is 0 Å². The largest absolute Gasteiger partial charge is 0.489 e. The first-order chi connectivity index (χ1) is 9.81. The normalized spacial score (nSPS) is 10.4. The minimum absolute atomic E-state index is 0.568. The number of hydrogen-bond donors (Lipinski definition) is 0. The van der Waals surface area contributed by atoms with Crippen molar-refractivity contribution in [2.45, 2.75) is 13.5 Å². The summed E-state index contributed by atoms with van der Waals surface area (Å²) in [6.45, 7) is 2.45. The van der Waals surface area contributed by atoms with Crippen molar-refractivity contribution in [1.82, 2.24) is 4.98 Å². The molecule has 20 heavy (non-hydrogen) atoms. The summed E-state index contributed by atoms with van der Waals surface area (Å²) in [5.74, 6) is 2.28. The lowest BCUT2D eigenvalue weighted by molar-refractivity contribution is 0.306. The Labute approximate surface area is 117 Å². The molecule has 0 amide bonds. The fraction of sp³-hybridized carbons (Fsp3) is 0.118. The zero-order chi connectivity index (χ0) is 13.8. The summed E-state index contributed by atoms with van der Waals surface area (Å²) >= 11 is 0. The molecule has 0 saturated heterocycles. The van der Waals surface area contributed by atoms with Gasteiger partial charge in [-0.1, -0.05) is 30.3 Å². The number of oxazole rings is 1. The highest BCUT2D eigenvalue weighted by molar-refractivity contribution is 5.54. The van der Waals surface area contributed by atoms with Gasteiger partial charge in [-0.25, -0.2) is 4.98 Å². The van der Waals surface area contributed by atoms with E-state index in [-0.39, 0.29) is 0 Å². The summed E-state index contributed by atoms with van der Waals surface area (Å²) in [4.78, 5) is 4.20. The first-order valence-corrected chi connectivity index (χ1v) is 6.51. The smallest absolute Gasteiger partial charge is 0.226 e. The predicted molar refractivity (Wildman–Crippen MR) is 77.5 cm³/mol. The molecule has 100 valence electrons. The molecule has 1 aromatic heterocycles. The van der Waals surface area contributed by atoms with E-state index < -0.39 is 0 Å². The highest BCUT2D eigenvalue weighted by Crippen LogP contribution is 2.22. The van der Waals surface area contributed by atoms with E-state index in [1.165, 1.54) is 0 Å². The van der Waals surface area contributed by atoms with Crippen molar-refractivity contribution in [1.29, 1.82) is 0 Å². The number of rotatable bonds is 4. The van der Waals surface area contributed by atoms with E-state index in [0.29, 0.717) is 12.5 Å². The minimum Gasteiger partial charge on any atom is -0.489 e. The number of benzene rings is 2. The Kier molecular flexibility index (Phi) is 3.50. The van der Waals surface area contributed by atoms with Crippen LogP contribution in [0.4, 0.5) is 0 Å². The van der Waals surface area contributed by atoms with Crippen LogP contribution in [0, 0.1) is 6.92 Å². The Hall–Kier alpha value is -2.55. The van der Waals surface area contributed by atoms with Crippen LogP contribution in [0.2, 0.25) is 0 Å². The predicted octanol–water partition coefficient (Wildman–Crippen LogP) is 4.23. The van der Waals surface area contributed by atoms with Crippen LogP contribution >= 0.6 is 0 Å². The van der Waals surface area contributed by atoms with E-state index in [1.807, 2.05) is 61.5 Å². The van der Waals surface area contributed by atoms with Gasteiger partial charge in [0.1, 0.15) is 18.1 Å². The van der Waals surface area contributed by atoms with E-state index in [0.717, 1.165) is 22.6 Å². The highest BCUT2D eigenvalue weighted by atomic mass is 16.5. The molecule has 0 atom stereocenters. The van der Waals surface area contributed by atoms with Gasteiger partial charge in [0.15, 0.2) is 0 Å². The molecule has 2 aromatic carbocycles. The Bertz CT molecular complexity index is 672. The van der Waals surface area contributed by atoms with E-state index in [9.17, 15) is 0 Å². The molecule has 3 aromatic rings. The van der Waals surface area contributed by atoms with E-state index in [4.69, 9.17) is 9.15 Å². The van der Waals surface area contributed by atoms with Crippen LogP contribution in [0.3, 0.4) is 0 Å². The van der Waals surface area contributed by atoms with Crippen molar-refractivity contribution in [2.24, 2.45) is 0 Å². The SMILES string of the molecule is Cc1cnc(-c2ccc(OCc3ccccc3)cc2)o1. The summed E-state index contributed by atoms with van der Waals surface area (Å²) in [6, 6.07) is 17.9. The van der Waals surface area contributed by atoms with Gasteiger partial charge in [0, 0.05) is 5.56 Å². The molecule has 0 radical (unpaired) electrons. The Morgan fingerprint density at radius 1 is 1.00 bits per heavy atom. The second-order valence-corrected chi connectivity index (χ2v) is 4.57. The lowest BCUT2D eigenvalue weighted by Crippen LogP contribution is -1.94. The van der Waals surface area contributed by atoms with Crippen LogP contribution in [0.1, 0.15) is 11.3 Å². The van der Waals surface area contributed by atoms with E-state index in [1.54, 1.807) is 6.20 Å². The van der Waals surface area contributed by atoms with Crippen molar-refractivity contribution in [2.75, 3.05) is 0 Å². The van der Waals surface area contributed by atoms with E-state index in [2.05, 4.69) is 4.98 Å². The van der Waals surface area contributed by atoms with Crippen molar-refractivity contribution in [3.05, 3.63) is 72.1 Å². The van der Waals surface area contributed by atoms with Crippen molar-refractivity contribution < 1.29 is 9.15 Å². The maximum atomic E-state index is 5.74. The summed E-state index contributed by atoms with van der Waals surface area (Å²) < 4.78 is 11.2.